The summed E-state index contributed by atoms with van der Waals surface area (Å²) in [6.07, 6.45) is 1.83. The van der Waals surface area contributed by atoms with Gasteiger partial charge in [0.15, 0.2) is 5.17 Å². The predicted octanol–water partition coefficient (Wildman–Crippen LogP) is 1.41. The molecule has 1 aromatic carbocycles. The van der Waals surface area contributed by atoms with Crippen LogP contribution in [0.4, 0.5) is 0 Å². The lowest BCUT2D eigenvalue weighted by atomic mass is 10.2. The number of hydrogen-bond donors (Lipinski definition) is 0. The van der Waals surface area contributed by atoms with Crippen LogP contribution < -0.4 is 5.69 Å². The second-order valence-corrected chi connectivity index (χ2v) is 6.14. The zero-order valence-corrected chi connectivity index (χ0v) is 13.6. The number of amidine groups is 1. The number of carbonyl (C=O) groups is 1. The molecule has 1 aliphatic rings. The molecule has 7 heteroatoms. The number of aromatic nitrogens is 2. The first-order valence-corrected chi connectivity index (χ1v) is 7.55. The second kappa shape index (κ2) is 5.17. The molecule has 0 saturated carbocycles. The molecule has 0 unspecified atom stereocenters. The molecule has 0 bridgehead atoms. The molecular weight excluding hydrogens is 300 g/mol. The molecule has 0 spiro atoms. The van der Waals surface area contributed by atoms with Crippen molar-refractivity contribution >= 4 is 39.9 Å². The van der Waals surface area contributed by atoms with Crippen molar-refractivity contribution < 1.29 is 4.79 Å². The van der Waals surface area contributed by atoms with Gasteiger partial charge >= 0.3 is 5.69 Å². The summed E-state index contributed by atoms with van der Waals surface area (Å²) >= 11 is 1.35. The quantitative estimate of drug-likeness (QED) is 0.747. The summed E-state index contributed by atoms with van der Waals surface area (Å²) in [4.78, 5) is 30.4. The van der Waals surface area contributed by atoms with Crippen molar-refractivity contribution in [3.05, 3.63) is 39.2 Å². The molecule has 2 aromatic rings. The Morgan fingerprint density at radius 1 is 1.09 bits per heavy atom. The summed E-state index contributed by atoms with van der Waals surface area (Å²) in [7, 11) is 6.87. The maximum Gasteiger partial charge on any atom is 0.328 e. The first-order chi connectivity index (χ1) is 10.4. The highest BCUT2D eigenvalue weighted by Gasteiger charge is 2.29. The van der Waals surface area contributed by atoms with E-state index in [1.165, 1.54) is 16.7 Å². The number of likely N-dealkylation sites (N-methyl/N-ethyl adjacent to an activating group) is 1. The molecule has 1 aromatic heterocycles. The summed E-state index contributed by atoms with van der Waals surface area (Å²) in [5.41, 5.74) is 2.53. The smallest absolute Gasteiger partial charge is 0.295 e. The van der Waals surface area contributed by atoms with E-state index in [4.69, 9.17) is 0 Å². The number of aliphatic imine (C=N–C) groups is 1. The normalized spacial score (nSPS) is 19.1. The van der Waals surface area contributed by atoms with Crippen LogP contribution in [0.2, 0.25) is 0 Å². The molecule has 1 aliphatic heterocycles. The lowest BCUT2D eigenvalue weighted by Gasteiger charge is -2.05. The van der Waals surface area contributed by atoms with Crippen LogP contribution in [-0.2, 0) is 18.9 Å². The Balaban J connectivity index is 2.09. The molecule has 0 atom stereocenters. The van der Waals surface area contributed by atoms with Gasteiger partial charge in [-0.15, -0.1) is 0 Å². The van der Waals surface area contributed by atoms with Crippen molar-refractivity contribution in [2.24, 2.45) is 19.1 Å². The van der Waals surface area contributed by atoms with E-state index in [1.54, 1.807) is 37.3 Å². The van der Waals surface area contributed by atoms with Crippen LogP contribution in [0.5, 0.6) is 0 Å². The summed E-state index contributed by atoms with van der Waals surface area (Å²) < 4.78 is 3.21. The molecule has 0 N–H and O–H groups in total. The van der Waals surface area contributed by atoms with Gasteiger partial charge in [-0.3, -0.25) is 23.8 Å². The SMILES string of the molecule is CN=C1S/C(=C/c2ccc3c(c2)n(C)c(=O)n3C)C(=O)N1C. The Morgan fingerprint density at radius 3 is 2.41 bits per heavy atom. The minimum absolute atomic E-state index is 0.0624. The molecule has 3 rings (SSSR count). The van der Waals surface area contributed by atoms with Gasteiger partial charge in [0.05, 0.1) is 15.9 Å². The number of nitrogens with zero attached hydrogens (tertiary/aromatic N) is 4. The minimum atomic E-state index is -0.0637. The van der Waals surface area contributed by atoms with Crippen LogP contribution in [0, 0.1) is 0 Å². The van der Waals surface area contributed by atoms with Crippen molar-refractivity contribution in [1.29, 1.82) is 0 Å². The molecule has 0 radical (unpaired) electrons. The summed E-state index contributed by atoms with van der Waals surface area (Å²) in [6.45, 7) is 0. The van der Waals surface area contributed by atoms with Gasteiger partial charge in [0.2, 0.25) is 0 Å². The molecular formula is C15H16N4O2S. The maximum atomic E-state index is 12.2. The fourth-order valence-corrected chi connectivity index (χ4v) is 3.44. The van der Waals surface area contributed by atoms with Crippen molar-refractivity contribution in [2.45, 2.75) is 0 Å². The zero-order chi connectivity index (χ0) is 16.0. The highest BCUT2D eigenvalue weighted by Crippen LogP contribution is 2.31. The monoisotopic (exact) mass is 316 g/mol. The van der Waals surface area contributed by atoms with Crippen molar-refractivity contribution in [2.75, 3.05) is 14.1 Å². The van der Waals surface area contributed by atoms with Gasteiger partial charge in [-0.1, -0.05) is 6.07 Å². The maximum absolute atomic E-state index is 12.2. The number of hydrogen-bond acceptors (Lipinski definition) is 4. The van der Waals surface area contributed by atoms with Gasteiger partial charge in [-0.2, -0.15) is 0 Å². The van der Waals surface area contributed by atoms with Crippen LogP contribution >= 0.6 is 11.8 Å². The highest BCUT2D eigenvalue weighted by molar-refractivity contribution is 8.18. The highest BCUT2D eigenvalue weighted by atomic mass is 32.2. The third-order valence-electron chi connectivity index (χ3n) is 3.79. The van der Waals surface area contributed by atoms with E-state index in [0.29, 0.717) is 10.1 Å². The average Bonchev–Trinajstić information content (AvgIpc) is 2.91. The van der Waals surface area contributed by atoms with E-state index in [0.717, 1.165) is 16.6 Å². The first-order valence-electron chi connectivity index (χ1n) is 6.74. The predicted molar refractivity (Wildman–Crippen MR) is 89.9 cm³/mol. The Bertz CT molecular complexity index is 904. The summed E-state index contributed by atoms with van der Waals surface area (Å²) in [5, 5.41) is 0.685. The standard InChI is InChI=1S/C15H16N4O2S/c1-16-14-19(4)13(20)12(22-14)8-9-5-6-10-11(7-9)18(3)15(21)17(10)2/h5-8H,1-4H3/b12-8+,16-14?. The lowest BCUT2D eigenvalue weighted by molar-refractivity contribution is -0.121. The number of thioether (sulfide) groups is 1. The van der Waals surface area contributed by atoms with Gasteiger partial charge in [-0.05, 0) is 35.5 Å². The third-order valence-corrected chi connectivity index (χ3v) is 4.94. The second-order valence-electron chi connectivity index (χ2n) is 5.13. The molecule has 22 heavy (non-hydrogen) atoms. The van der Waals surface area contributed by atoms with E-state index in [1.807, 2.05) is 24.3 Å². The van der Waals surface area contributed by atoms with E-state index >= 15 is 0 Å². The number of aryl methyl sites for hydroxylation is 2. The molecule has 114 valence electrons. The van der Waals surface area contributed by atoms with Crippen LogP contribution in [-0.4, -0.2) is 39.2 Å². The van der Waals surface area contributed by atoms with Crippen LogP contribution in [0.3, 0.4) is 0 Å². The van der Waals surface area contributed by atoms with E-state index in [9.17, 15) is 9.59 Å². The topological polar surface area (TPSA) is 59.6 Å². The molecule has 6 nitrogen and oxygen atoms in total. The Kier molecular flexibility index (Phi) is 3.44. The molecule has 1 saturated heterocycles. The van der Waals surface area contributed by atoms with E-state index in [-0.39, 0.29) is 11.6 Å². The number of fused-ring (bicyclic) bond motifs is 1. The van der Waals surface area contributed by atoms with Crippen molar-refractivity contribution in [3.8, 4) is 0 Å². The third kappa shape index (κ3) is 2.09. The summed E-state index contributed by atoms with van der Waals surface area (Å²) in [5.74, 6) is -0.0624. The van der Waals surface area contributed by atoms with Crippen LogP contribution in [0.25, 0.3) is 17.1 Å². The van der Waals surface area contributed by atoms with Crippen LogP contribution in [0.15, 0.2) is 32.9 Å². The van der Waals surface area contributed by atoms with Crippen molar-refractivity contribution in [3.63, 3.8) is 0 Å². The van der Waals surface area contributed by atoms with E-state index in [2.05, 4.69) is 4.99 Å². The number of benzene rings is 1. The van der Waals surface area contributed by atoms with Gasteiger partial charge in [0.1, 0.15) is 0 Å². The first kappa shape index (κ1) is 14.6. The van der Waals surface area contributed by atoms with Gasteiger partial charge < -0.3 is 0 Å². The van der Waals surface area contributed by atoms with E-state index < -0.39 is 0 Å². The van der Waals surface area contributed by atoms with Gasteiger partial charge in [0, 0.05) is 28.2 Å². The Morgan fingerprint density at radius 2 is 1.77 bits per heavy atom. The number of imidazole rings is 1. The zero-order valence-electron chi connectivity index (χ0n) is 12.8. The lowest BCUT2D eigenvalue weighted by Crippen LogP contribution is -2.23. The van der Waals surface area contributed by atoms with Crippen molar-refractivity contribution in [1.82, 2.24) is 14.0 Å². The average molecular weight is 316 g/mol. The minimum Gasteiger partial charge on any atom is -0.295 e. The van der Waals surface area contributed by atoms with Gasteiger partial charge in [-0.25, -0.2) is 4.79 Å². The van der Waals surface area contributed by atoms with Gasteiger partial charge in [0.25, 0.3) is 5.91 Å². The largest absolute Gasteiger partial charge is 0.328 e. The molecule has 1 amide bonds. The van der Waals surface area contributed by atoms with Crippen LogP contribution in [0.1, 0.15) is 5.56 Å². The fraction of sp³-hybridized carbons (Fsp3) is 0.267. The number of amides is 1. The number of rotatable bonds is 1. The Hall–Kier alpha value is -2.28. The molecule has 0 aliphatic carbocycles. The fourth-order valence-electron chi connectivity index (χ4n) is 2.51. The number of carbonyl (C=O) groups excluding carboxylic acids is 1. The Labute approximate surface area is 131 Å². The molecule has 2 heterocycles. The summed E-state index contributed by atoms with van der Waals surface area (Å²) in [6, 6.07) is 5.72. The molecule has 1 fully saturated rings.